The van der Waals surface area contributed by atoms with Gasteiger partial charge in [-0.3, -0.25) is 42.3 Å². The van der Waals surface area contributed by atoms with E-state index in [4.69, 9.17) is 29.2 Å². The number of carbonyl (C=O) groups excluding carboxylic acids is 3. The first kappa shape index (κ1) is 68.8. The molecule has 0 saturated carbocycles. The number of hydrogen-bond donors (Lipinski definition) is 4. The Kier molecular flexibility index (Phi) is 22.0. The molecule has 0 spiro atoms. The van der Waals surface area contributed by atoms with Crippen molar-refractivity contribution in [2.45, 2.75) is 65.2 Å². The van der Waals surface area contributed by atoms with Crippen LogP contribution in [0.15, 0.2) is 194 Å². The molecule has 15 nitrogen and oxygen atoms in total. The van der Waals surface area contributed by atoms with Crippen LogP contribution in [0.3, 0.4) is 0 Å². The number of likely N-dealkylation sites (tertiary alicyclic amines) is 3. The van der Waals surface area contributed by atoms with E-state index >= 15 is 0 Å². The standard InChI is InChI=1S/C29H28FNO4S.C28H27FN2O3S.C28H26FNO4S/c1-18-4-10-24(19(2)14-18)27(33)29-28(25-11-5-20(32)15-26(25)36-29)35-22-8-6-21(7-9-22)34-23-16-31(17-23)13-3-12-30;1-18-3-5-19(6-4-18)26(33)28-27(24-12-9-22(32)15-25(24)35-28)34-23-10-7-20(8-11-23)30-21-16-31(17-21)14-2-13-29;1-18-3-5-19(6-4-18)26(32)28-27(24-12-7-20(31)15-25(24)35-28)34-22-10-8-21(9-11-22)33-23-16-30(17-23)14-2-13-29/h4-11,14-15,23,32H,3,12-13,16-17H2,1-2H3;3-12,15,21,30,32H,2,13-14,16-17H2,1H3;3-12,15,23,31H,2,13-14,16-17H2,1H3/i13D2;;14D2. The third-order valence-electron chi connectivity index (χ3n) is 18.0. The summed E-state index contributed by atoms with van der Waals surface area (Å²) >= 11 is 3.87. The van der Waals surface area contributed by atoms with Crippen LogP contribution < -0.4 is 29.0 Å². The number of carbonyl (C=O) groups is 3. The average molecular weight is 1490 g/mol. The van der Waals surface area contributed by atoms with Crippen molar-refractivity contribution in [3.05, 3.63) is 248 Å². The van der Waals surface area contributed by atoms with Crippen LogP contribution in [0.25, 0.3) is 30.3 Å². The first-order chi connectivity index (χ1) is 52.9. The van der Waals surface area contributed by atoms with Gasteiger partial charge >= 0.3 is 0 Å². The maximum absolute atomic E-state index is 13.6. The first-order valence-electron chi connectivity index (χ1n) is 36.8. The fourth-order valence-corrected chi connectivity index (χ4v) is 15.7. The molecule has 3 aliphatic rings. The van der Waals surface area contributed by atoms with Gasteiger partial charge in [-0.05, 0) is 180 Å². The van der Waals surface area contributed by atoms with Gasteiger partial charge in [0.05, 0.1) is 26.1 Å². The molecule has 3 fully saturated rings. The zero-order chi connectivity index (χ0) is 77.5. The third kappa shape index (κ3) is 18.0. The van der Waals surface area contributed by atoms with Crippen LogP contribution in [0.1, 0.15) is 92.7 Å². The summed E-state index contributed by atoms with van der Waals surface area (Å²) in [7, 11) is 0. The number of phenols is 3. The average Bonchev–Trinajstić information content (AvgIpc) is 1.65. The topological polar surface area (TPSA) is 180 Å². The Morgan fingerprint density at radius 2 is 0.802 bits per heavy atom. The highest BCUT2D eigenvalue weighted by molar-refractivity contribution is 7.22. The molecule has 12 aromatic rings. The quantitative estimate of drug-likeness (QED) is 0.0357. The Morgan fingerprint density at radius 1 is 0.434 bits per heavy atom. The zero-order valence-corrected chi connectivity index (χ0v) is 61.2. The molecular weight excluding hydrogens is 1410 g/mol. The summed E-state index contributed by atoms with van der Waals surface area (Å²) in [5.41, 5.74) is 6.85. The molecule has 0 atom stereocenters. The predicted molar refractivity (Wildman–Crippen MR) is 416 cm³/mol. The number of ketones is 3. The van der Waals surface area contributed by atoms with Crippen molar-refractivity contribution in [2.24, 2.45) is 0 Å². The van der Waals surface area contributed by atoms with Crippen molar-refractivity contribution in [3.63, 3.8) is 0 Å². The van der Waals surface area contributed by atoms with Crippen molar-refractivity contribution >= 4 is 87.3 Å². The van der Waals surface area contributed by atoms with Gasteiger partial charge in [0.15, 0.2) is 17.2 Å². The van der Waals surface area contributed by atoms with Crippen molar-refractivity contribution in [1.29, 1.82) is 0 Å². The molecule has 9 aromatic carbocycles. The van der Waals surface area contributed by atoms with Crippen LogP contribution in [0, 0.1) is 27.7 Å². The fourth-order valence-electron chi connectivity index (χ4n) is 12.4. The monoisotopic (exact) mass is 1490 g/mol. The maximum atomic E-state index is 13.6. The van der Waals surface area contributed by atoms with E-state index in [9.17, 15) is 42.9 Å². The van der Waals surface area contributed by atoms with Crippen LogP contribution in [0.4, 0.5) is 18.9 Å². The summed E-state index contributed by atoms with van der Waals surface area (Å²) in [6.07, 6.45) is -0.0712. The number of hydrogen-bond acceptors (Lipinski definition) is 18. The Morgan fingerprint density at radius 3 is 1.19 bits per heavy atom. The molecule has 3 aromatic heterocycles. The highest BCUT2D eigenvalue weighted by Crippen LogP contribution is 2.47. The summed E-state index contributed by atoms with van der Waals surface area (Å²) in [4.78, 5) is 47.1. The van der Waals surface area contributed by atoms with Gasteiger partial charge in [-0.1, -0.05) is 83.4 Å². The lowest BCUT2D eigenvalue weighted by atomic mass is 10.0. The maximum Gasteiger partial charge on any atom is 0.207 e. The Bertz CT molecular complexity index is 5270. The molecule has 3 saturated heterocycles. The van der Waals surface area contributed by atoms with Crippen LogP contribution in [-0.4, -0.2) is 144 Å². The van der Waals surface area contributed by atoms with Gasteiger partial charge in [0.25, 0.3) is 0 Å². The van der Waals surface area contributed by atoms with Gasteiger partial charge in [-0.2, -0.15) is 0 Å². The van der Waals surface area contributed by atoms with Crippen LogP contribution in [0.5, 0.6) is 63.2 Å². The first-order valence-corrected chi connectivity index (χ1v) is 37.3. The number of nitrogens with zero attached hydrogens (tertiary/aromatic N) is 3. The molecule has 0 amide bonds. The summed E-state index contributed by atoms with van der Waals surface area (Å²) in [5.74, 6) is 4.23. The number of anilines is 1. The molecule has 0 bridgehead atoms. The van der Waals surface area contributed by atoms with E-state index in [-0.39, 0.29) is 66.3 Å². The van der Waals surface area contributed by atoms with Gasteiger partial charge in [0, 0.05) is 117 Å². The molecule has 0 unspecified atom stereocenters. The molecule has 0 aliphatic carbocycles. The van der Waals surface area contributed by atoms with Crippen molar-refractivity contribution in [3.8, 4) is 63.2 Å². The van der Waals surface area contributed by atoms with E-state index in [1.165, 1.54) is 34.0 Å². The summed E-state index contributed by atoms with van der Waals surface area (Å²) in [6.45, 7) is 7.04. The number of aryl methyl sites for hydroxylation is 4. The molecule has 21 heteroatoms. The number of ether oxygens (including phenoxy) is 5. The highest BCUT2D eigenvalue weighted by Gasteiger charge is 2.31. The number of halogens is 3. The van der Waals surface area contributed by atoms with Gasteiger partial charge in [-0.25, -0.2) is 0 Å². The van der Waals surface area contributed by atoms with Crippen LogP contribution >= 0.6 is 34.0 Å². The third-order valence-corrected chi connectivity index (χ3v) is 21.4. The number of nitrogens with one attached hydrogen (secondary N) is 1. The van der Waals surface area contributed by atoms with E-state index in [2.05, 4.69) is 10.2 Å². The SMILES string of the molecule is Cc1ccc(C(=O)c2sc3cc(O)ccc3c2Oc2ccc(NC3CN(CCCF)C3)cc2)cc1.[2H]C([2H])(CCF)N1CC(Oc2ccc(Oc3c(C(=O)c4ccc(C)cc4)sc4cc(O)ccc34)cc2)C1.[2H]C([2H])(CCF)N1CC(Oc2ccc(Oc3c(C(=O)c4ccc(C)cc4C)sc4cc(O)ccc34)cc2)C1. The van der Waals surface area contributed by atoms with E-state index in [0.717, 1.165) is 77.8 Å². The second-order valence-electron chi connectivity index (χ2n) is 26.3. The number of thiophene rings is 3. The Balaban J connectivity index is 0.000000145. The summed E-state index contributed by atoms with van der Waals surface area (Å²) in [6, 6.07) is 57.6. The Hall–Kier alpha value is -10.3. The minimum atomic E-state index is -1.67. The number of rotatable bonds is 27. The zero-order valence-electron chi connectivity index (χ0n) is 62.7. The predicted octanol–water partition coefficient (Wildman–Crippen LogP) is 19.4. The van der Waals surface area contributed by atoms with Crippen molar-refractivity contribution in [1.82, 2.24) is 14.7 Å². The lowest BCUT2D eigenvalue weighted by Gasteiger charge is -2.40. The van der Waals surface area contributed by atoms with Crippen LogP contribution in [0.2, 0.25) is 0 Å². The molecule has 546 valence electrons. The molecule has 0 radical (unpaired) electrons. The fraction of sp³-hybridized carbons (Fsp3) is 0.259. The van der Waals surface area contributed by atoms with Gasteiger partial charge < -0.3 is 44.3 Å². The second-order valence-corrected chi connectivity index (χ2v) is 29.4. The smallest absolute Gasteiger partial charge is 0.207 e. The van der Waals surface area contributed by atoms with E-state index in [1.807, 2.05) is 107 Å². The molecule has 6 heterocycles. The van der Waals surface area contributed by atoms with E-state index in [0.29, 0.717) is 116 Å². The van der Waals surface area contributed by atoms with E-state index < -0.39 is 26.3 Å². The lowest BCUT2D eigenvalue weighted by Crippen LogP contribution is -2.54. The highest BCUT2D eigenvalue weighted by atomic mass is 32.1. The van der Waals surface area contributed by atoms with Crippen molar-refractivity contribution in [2.75, 3.05) is 84.1 Å². The van der Waals surface area contributed by atoms with Gasteiger partial charge in [0.1, 0.15) is 72.8 Å². The molecule has 3 aliphatic heterocycles. The number of alkyl halides is 3. The normalized spacial score (nSPS) is 14.9. The minimum absolute atomic E-state index is 0.110. The molecule has 15 rings (SSSR count). The molecule has 106 heavy (non-hydrogen) atoms. The molecule has 4 N–H and O–H groups in total. The van der Waals surface area contributed by atoms with E-state index in [1.54, 1.807) is 125 Å². The number of fused-ring (bicyclic) bond motifs is 3. The second kappa shape index (κ2) is 33.9. The van der Waals surface area contributed by atoms with Crippen LogP contribution in [-0.2, 0) is 0 Å². The summed E-state index contributed by atoms with van der Waals surface area (Å²) < 4.78 is 102. The minimum Gasteiger partial charge on any atom is -0.508 e. The largest absolute Gasteiger partial charge is 0.508 e. The summed E-state index contributed by atoms with van der Waals surface area (Å²) in [5, 5.41) is 35.6. The number of aromatic hydroxyl groups is 3. The Labute approximate surface area is 630 Å². The van der Waals surface area contributed by atoms with Gasteiger partial charge in [0.2, 0.25) is 17.3 Å². The number of phenolic OH excluding ortho intramolecular Hbond substituents is 3. The number of benzene rings is 9. The molecular formula is C85H81F3N4O11S3. The lowest BCUT2D eigenvalue weighted by molar-refractivity contribution is 0.0183. The van der Waals surface area contributed by atoms with Gasteiger partial charge in [-0.15, -0.1) is 34.0 Å². The van der Waals surface area contributed by atoms with Crippen molar-refractivity contribution < 1.29 is 72.0 Å².